The van der Waals surface area contributed by atoms with Crippen LogP contribution < -0.4 is 15.4 Å². The molecule has 3 heterocycles. The maximum Gasteiger partial charge on any atom is 0.258 e. The van der Waals surface area contributed by atoms with Crippen LogP contribution in [0.2, 0.25) is 0 Å². The number of aromatic nitrogens is 4. The number of aromatic amines is 1. The van der Waals surface area contributed by atoms with Gasteiger partial charge in [0.2, 0.25) is 0 Å². The van der Waals surface area contributed by atoms with Crippen molar-refractivity contribution in [3.05, 3.63) is 72.2 Å². The molecule has 212 valence electrons. The van der Waals surface area contributed by atoms with E-state index in [0.29, 0.717) is 17.6 Å². The number of anilines is 2. The lowest BCUT2D eigenvalue weighted by molar-refractivity contribution is -0.123. The highest BCUT2D eigenvalue weighted by Crippen LogP contribution is 2.32. The summed E-state index contributed by atoms with van der Waals surface area (Å²) in [4.78, 5) is 24.9. The third-order valence-electron chi connectivity index (χ3n) is 7.98. The Labute approximate surface area is 240 Å². The topological polar surface area (TPSA) is 108 Å². The lowest BCUT2D eigenvalue weighted by Crippen LogP contribution is -2.37. The molecule has 0 bridgehead atoms. The SMILES string of the molecule is CC(C)N1CCc2nc(-c3cccc(OCC(=O)NC4CCCC4)c3)nc(Nc3ccc(-c4cn[nH]c4)cc3)c2C1. The third kappa shape index (κ3) is 6.41. The van der Waals surface area contributed by atoms with Gasteiger partial charge in [0.25, 0.3) is 5.91 Å². The van der Waals surface area contributed by atoms with Crippen LogP contribution >= 0.6 is 0 Å². The number of nitrogens with zero attached hydrogens (tertiary/aromatic N) is 4. The first kappa shape index (κ1) is 27.0. The zero-order valence-electron chi connectivity index (χ0n) is 23.7. The van der Waals surface area contributed by atoms with E-state index in [1.54, 1.807) is 0 Å². The van der Waals surface area contributed by atoms with Crippen molar-refractivity contribution in [2.45, 2.75) is 64.6 Å². The first-order chi connectivity index (χ1) is 20.0. The maximum absolute atomic E-state index is 12.4. The van der Waals surface area contributed by atoms with Crippen LogP contribution in [0.5, 0.6) is 5.75 Å². The minimum Gasteiger partial charge on any atom is -0.484 e. The maximum atomic E-state index is 12.4. The number of ether oxygens (including phenoxy) is 1. The average molecular weight is 552 g/mol. The summed E-state index contributed by atoms with van der Waals surface area (Å²) < 4.78 is 5.86. The van der Waals surface area contributed by atoms with Crippen LogP contribution in [0, 0.1) is 0 Å². The van der Waals surface area contributed by atoms with Crippen molar-refractivity contribution in [2.75, 3.05) is 18.5 Å². The number of H-pyrrole nitrogens is 1. The molecule has 0 atom stereocenters. The van der Waals surface area contributed by atoms with Crippen molar-refractivity contribution in [3.63, 3.8) is 0 Å². The van der Waals surface area contributed by atoms with Gasteiger partial charge in [0.05, 0.1) is 11.9 Å². The molecule has 0 spiro atoms. The molecule has 2 aliphatic rings. The Hall–Kier alpha value is -4.24. The first-order valence-electron chi connectivity index (χ1n) is 14.5. The van der Waals surface area contributed by atoms with Gasteiger partial charge in [0.1, 0.15) is 11.6 Å². The van der Waals surface area contributed by atoms with Crippen molar-refractivity contribution in [1.82, 2.24) is 30.4 Å². The smallest absolute Gasteiger partial charge is 0.258 e. The Morgan fingerprint density at radius 3 is 2.66 bits per heavy atom. The number of benzene rings is 2. The lowest BCUT2D eigenvalue weighted by atomic mass is 10.0. The molecule has 4 aromatic rings. The van der Waals surface area contributed by atoms with Crippen LogP contribution in [-0.4, -0.2) is 56.2 Å². The molecule has 0 unspecified atom stereocenters. The Bertz CT molecular complexity index is 1480. The Kier molecular flexibility index (Phi) is 7.95. The molecule has 1 fully saturated rings. The number of hydrogen-bond donors (Lipinski definition) is 3. The normalized spacial score (nSPS) is 15.6. The zero-order valence-corrected chi connectivity index (χ0v) is 23.7. The Morgan fingerprint density at radius 1 is 1.07 bits per heavy atom. The van der Waals surface area contributed by atoms with Gasteiger partial charge in [0, 0.05) is 60.2 Å². The summed E-state index contributed by atoms with van der Waals surface area (Å²) in [5.41, 5.74) is 6.14. The fourth-order valence-corrected chi connectivity index (χ4v) is 5.61. The Balaban J connectivity index is 1.24. The molecule has 41 heavy (non-hydrogen) atoms. The number of fused-ring (bicyclic) bond motifs is 1. The highest BCUT2D eigenvalue weighted by Gasteiger charge is 2.25. The highest BCUT2D eigenvalue weighted by molar-refractivity contribution is 5.78. The molecule has 1 saturated carbocycles. The summed E-state index contributed by atoms with van der Waals surface area (Å²) in [5.74, 6) is 2.00. The summed E-state index contributed by atoms with van der Waals surface area (Å²) in [6.07, 6.45) is 9.02. The number of hydrogen-bond acceptors (Lipinski definition) is 7. The molecule has 0 radical (unpaired) electrons. The molecule has 2 aromatic heterocycles. The van der Waals surface area contributed by atoms with Crippen LogP contribution in [0.15, 0.2) is 60.9 Å². The fourth-order valence-electron chi connectivity index (χ4n) is 5.61. The summed E-state index contributed by atoms with van der Waals surface area (Å²) >= 11 is 0. The van der Waals surface area contributed by atoms with E-state index in [4.69, 9.17) is 14.7 Å². The van der Waals surface area contributed by atoms with Crippen LogP contribution in [0.4, 0.5) is 11.5 Å². The largest absolute Gasteiger partial charge is 0.484 e. The van der Waals surface area contributed by atoms with E-state index in [-0.39, 0.29) is 18.6 Å². The minimum absolute atomic E-state index is 0.00233. The van der Waals surface area contributed by atoms with Crippen LogP contribution in [0.1, 0.15) is 50.8 Å². The van der Waals surface area contributed by atoms with Gasteiger partial charge in [-0.1, -0.05) is 37.1 Å². The van der Waals surface area contributed by atoms with Gasteiger partial charge >= 0.3 is 0 Å². The molecule has 2 aromatic carbocycles. The second-order valence-corrected chi connectivity index (χ2v) is 11.2. The van der Waals surface area contributed by atoms with E-state index in [2.05, 4.69) is 63.8 Å². The summed E-state index contributed by atoms with van der Waals surface area (Å²) in [6.45, 7) is 6.20. The molecule has 1 aliphatic carbocycles. The van der Waals surface area contributed by atoms with Gasteiger partial charge in [-0.3, -0.25) is 14.8 Å². The van der Waals surface area contributed by atoms with Gasteiger partial charge in [-0.05, 0) is 56.5 Å². The van der Waals surface area contributed by atoms with Gasteiger partial charge in [0.15, 0.2) is 12.4 Å². The molecule has 6 rings (SSSR count). The van der Waals surface area contributed by atoms with Crippen LogP contribution in [-0.2, 0) is 17.8 Å². The molecule has 3 N–H and O–H groups in total. The fraction of sp³-hybridized carbons (Fsp3) is 0.375. The molecule has 1 aliphatic heterocycles. The average Bonchev–Trinajstić information content (AvgIpc) is 3.71. The minimum atomic E-state index is -0.0766. The van der Waals surface area contributed by atoms with Gasteiger partial charge in [-0.2, -0.15) is 5.10 Å². The number of amides is 1. The van der Waals surface area contributed by atoms with E-state index < -0.39 is 0 Å². The van der Waals surface area contributed by atoms with Crippen molar-refractivity contribution >= 4 is 17.4 Å². The summed E-state index contributed by atoms with van der Waals surface area (Å²) in [6, 6.07) is 16.7. The van der Waals surface area contributed by atoms with Crippen molar-refractivity contribution < 1.29 is 9.53 Å². The predicted octanol–water partition coefficient (Wildman–Crippen LogP) is 5.48. The molecule has 0 saturated heterocycles. The second kappa shape index (κ2) is 12.1. The van der Waals surface area contributed by atoms with Crippen molar-refractivity contribution in [2.24, 2.45) is 0 Å². The number of carbonyl (C=O) groups is 1. The molecular formula is C32H37N7O2. The number of carbonyl (C=O) groups excluding carboxylic acids is 1. The molecule has 1 amide bonds. The third-order valence-corrected chi connectivity index (χ3v) is 7.98. The standard InChI is InChI=1S/C32H37N7O2/c1-21(2)39-15-14-29-28(19-39)32(36-26-12-10-22(11-13-26)24-17-33-34-18-24)38-31(37-29)23-6-5-9-27(16-23)41-20-30(40)35-25-7-3-4-8-25/h5-6,9-13,16-18,21,25H,3-4,7-8,14-15,19-20H2,1-2H3,(H,33,34)(H,35,40)(H,36,37,38). The molecule has 9 heteroatoms. The quantitative estimate of drug-likeness (QED) is 0.253. The highest BCUT2D eigenvalue weighted by atomic mass is 16.5. The van der Waals surface area contributed by atoms with Gasteiger partial charge < -0.3 is 15.4 Å². The molecule has 9 nitrogen and oxygen atoms in total. The summed E-state index contributed by atoms with van der Waals surface area (Å²) in [5, 5.41) is 13.6. The van der Waals surface area contributed by atoms with Crippen molar-refractivity contribution in [1.29, 1.82) is 0 Å². The monoisotopic (exact) mass is 551 g/mol. The van der Waals surface area contributed by atoms with Gasteiger partial charge in [-0.15, -0.1) is 0 Å². The second-order valence-electron chi connectivity index (χ2n) is 11.2. The van der Waals surface area contributed by atoms with E-state index in [1.807, 2.05) is 36.7 Å². The van der Waals surface area contributed by atoms with E-state index in [0.717, 1.165) is 71.8 Å². The van der Waals surface area contributed by atoms with Gasteiger partial charge in [-0.25, -0.2) is 9.97 Å². The summed E-state index contributed by atoms with van der Waals surface area (Å²) in [7, 11) is 0. The van der Waals surface area contributed by atoms with Crippen molar-refractivity contribution in [3.8, 4) is 28.3 Å². The molecular weight excluding hydrogens is 514 g/mol. The number of rotatable bonds is 9. The van der Waals surface area contributed by atoms with E-state index in [9.17, 15) is 4.79 Å². The predicted molar refractivity (Wildman–Crippen MR) is 160 cm³/mol. The number of nitrogens with one attached hydrogen (secondary N) is 3. The Morgan fingerprint density at radius 2 is 1.90 bits per heavy atom. The first-order valence-corrected chi connectivity index (χ1v) is 14.5. The van der Waals surface area contributed by atoms with E-state index in [1.165, 1.54) is 12.8 Å². The zero-order chi connectivity index (χ0) is 28.2. The van der Waals surface area contributed by atoms with Crippen LogP contribution in [0.3, 0.4) is 0 Å². The van der Waals surface area contributed by atoms with Crippen LogP contribution in [0.25, 0.3) is 22.5 Å². The lowest BCUT2D eigenvalue weighted by Gasteiger charge is -2.32. The van der Waals surface area contributed by atoms with E-state index >= 15 is 0 Å².